The zero-order valence-corrected chi connectivity index (χ0v) is 14.9. The number of amides is 2. The average molecular weight is 358 g/mol. The molecule has 2 aliphatic rings. The third kappa shape index (κ3) is 4.05. The summed E-state index contributed by atoms with van der Waals surface area (Å²) in [7, 11) is 0. The number of piperidine rings is 1. The summed E-state index contributed by atoms with van der Waals surface area (Å²) < 4.78 is 0. The van der Waals surface area contributed by atoms with Crippen molar-refractivity contribution in [2.24, 2.45) is 5.92 Å². The fraction of sp³-hybridized carbons (Fsp3) is 0.625. The van der Waals surface area contributed by atoms with E-state index in [4.69, 9.17) is 0 Å². The molecule has 0 aromatic carbocycles. The number of hydrogen-bond acceptors (Lipinski definition) is 4. The molecule has 0 spiro atoms. The van der Waals surface area contributed by atoms with Crippen molar-refractivity contribution in [2.45, 2.75) is 38.3 Å². The number of rotatable bonds is 3. The van der Waals surface area contributed by atoms with E-state index in [1.807, 2.05) is 17.5 Å². The molecule has 2 aliphatic heterocycles. The maximum absolute atomic E-state index is 12.6. The number of nitrogens with zero attached hydrogens (tertiary/aromatic N) is 1. The van der Waals surface area contributed by atoms with Crippen molar-refractivity contribution in [3.05, 3.63) is 22.4 Å². The highest BCUT2D eigenvalue weighted by atomic mass is 35.5. The zero-order valence-electron chi connectivity index (χ0n) is 13.3. The lowest BCUT2D eigenvalue weighted by molar-refractivity contribution is -0.126. The average Bonchev–Trinajstić information content (AvgIpc) is 3.20. The maximum atomic E-state index is 12.6. The number of halogens is 1. The van der Waals surface area contributed by atoms with Crippen molar-refractivity contribution in [3.8, 4) is 0 Å². The van der Waals surface area contributed by atoms with Crippen molar-refractivity contribution in [2.75, 3.05) is 19.6 Å². The van der Waals surface area contributed by atoms with Gasteiger partial charge in [0.1, 0.15) is 6.04 Å². The Morgan fingerprint density at radius 2 is 2.22 bits per heavy atom. The van der Waals surface area contributed by atoms with Crippen molar-refractivity contribution < 1.29 is 9.59 Å². The second kappa shape index (κ2) is 8.13. The van der Waals surface area contributed by atoms with Gasteiger partial charge < -0.3 is 15.5 Å². The van der Waals surface area contributed by atoms with Crippen LogP contribution in [0.4, 0.5) is 0 Å². The van der Waals surface area contributed by atoms with Crippen molar-refractivity contribution in [3.63, 3.8) is 0 Å². The Labute approximate surface area is 147 Å². The molecule has 3 rings (SSSR count). The summed E-state index contributed by atoms with van der Waals surface area (Å²) in [4.78, 5) is 27.6. The number of carbonyl (C=O) groups excluding carboxylic acids is 2. The molecule has 0 saturated carbocycles. The van der Waals surface area contributed by atoms with Gasteiger partial charge in [-0.15, -0.1) is 23.7 Å². The van der Waals surface area contributed by atoms with Crippen LogP contribution in [0, 0.1) is 5.92 Å². The van der Waals surface area contributed by atoms with E-state index >= 15 is 0 Å². The third-order valence-corrected chi connectivity index (χ3v) is 5.52. The zero-order chi connectivity index (χ0) is 15.5. The Balaban J connectivity index is 0.00000192. The van der Waals surface area contributed by atoms with Crippen molar-refractivity contribution in [1.29, 1.82) is 0 Å². The van der Waals surface area contributed by atoms with E-state index < -0.39 is 0 Å². The Morgan fingerprint density at radius 3 is 2.91 bits per heavy atom. The highest BCUT2D eigenvalue weighted by molar-refractivity contribution is 7.12. The fourth-order valence-corrected chi connectivity index (χ4v) is 4.01. The van der Waals surface area contributed by atoms with Crippen molar-refractivity contribution in [1.82, 2.24) is 15.5 Å². The molecule has 0 aliphatic carbocycles. The van der Waals surface area contributed by atoms with E-state index in [0.29, 0.717) is 12.5 Å². The number of hydrogen-bond donors (Lipinski definition) is 2. The van der Waals surface area contributed by atoms with Crippen LogP contribution < -0.4 is 10.6 Å². The molecule has 3 heterocycles. The van der Waals surface area contributed by atoms with Gasteiger partial charge in [-0.2, -0.15) is 0 Å². The molecular formula is C16H24ClN3O2S. The van der Waals surface area contributed by atoms with Crippen LogP contribution in [0.15, 0.2) is 17.5 Å². The van der Waals surface area contributed by atoms with Gasteiger partial charge in [-0.05, 0) is 49.7 Å². The summed E-state index contributed by atoms with van der Waals surface area (Å²) in [5.41, 5.74) is 0. The van der Waals surface area contributed by atoms with Crippen LogP contribution in [0.3, 0.4) is 0 Å². The monoisotopic (exact) mass is 357 g/mol. The molecule has 2 amide bonds. The number of thiophene rings is 1. The first-order chi connectivity index (χ1) is 10.7. The van der Waals surface area contributed by atoms with Crippen molar-refractivity contribution >= 4 is 35.6 Å². The molecular weight excluding hydrogens is 334 g/mol. The van der Waals surface area contributed by atoms with E-state index in [2.05, 4.69) is 17.6 Å². The summed E-state index contributed by atoms with van der Waals surface area (Å²) in [5, 5.41) is 8.41. The first-order valence-corrected chi connectivity index (χ1v) is 8.90. The molecule has 5 nitrogen and oxygen atoms in total. The Kier molecular flexibility index (Phi) is 6.44. The minimum Gasteiger partial charge on any atom is -0.351 e. The lowest BCUT2D eigenvalue weighted by Gasteiger charge is -2.32. The molecule has 23 heavy (non-hydrogen) atoms. The van der Waals surface area contributed by atoms with Gasteiger partial charge in [-0.1, -0.05) is 13.0 Å². The van der Waals surface area contributed by atoms with Gasteiger partial charge in [-0.25, -0.2) is 0 Å². The van der Waals surface area contributed by atoms with Gasteiger partial charge in [0.15, 0.2) is 0 Å². The standard InChI is InChI=1S/C16H23N3O2S.ClH/c1-11-10-17-7-6-12(11)18-15(20)13-4-2-8-19(13)16(21)14-5-3-9-22-14;/h3,5,9,11-13,17H,2,4,6-8,10H2,1H3,(H,18,20);1H. The molecule has 0 radical (unpaired) electrons. The van der Waals surface area contributed by atoms with Crippen LogP contribution in [0.2, 0.25) is 0 Å². The van der Waals surface area contributed by atoms with Crippen LogP contribution >= 0.6 is 23.7 Å². The van der Waals surface area contributed by atoms with Crippen LogP contribution in [-0.2, 0) is 4.79 Å². The van der Waals surface area contributed by atoms with E-state index in [0.717, 1.165) is 37.2 Å². The normalized spacial score (nSPS) is 27.3. The topological polar surface area (TPSA) is 61.4 Å². The summed E-state index contributed by atoms with van der Waals surface area (Å²) in [6, 6.07) is 3.61. The molecule has 3 atom stereocenters. The van der Waals surface area contributed by atoms with Crippen LogP contribution in [0.1, 0.15) is 35.9 Å². The number of nitrogens with one attached hydrogen (secondary N) is 2. The van der Waals surface area contributed by atoms with Gasteiger partial charge in [0.25, 0.3) is 5.91 Å². The summed E-state index contributed by atoms with van der Waals surface area (Å²) in [6.45, 7) is 4.71. The minimum atomic E-state index is -0.309. The highest BCUT2D eigenvalue weighted by Crippen LogP contribution is 2.23. The van der Waals surface area contributed by atoms with Gasteiger partial charge in [0, 0.05) is 12.6 Å². The van der Waals surface area contributed by atoms with Crippen LogP contribution in [0.25, 0.3) is 0 Å². The van der Waals surface area contributed by atoms with Gasteiger partial charge >= 0.3 is 0 Å². The lowest BCUT2D eigenvalue weighted by atomic mass is 9.95. The second-order valence-electron chi connectivity index (χ2n) is 6.22. The first-order valence-electron chi connectivity index (χ1n) is 8.02. The predicted molar refractivity (Wildman–Crippen MR) is 94.2 cm³/mol. The van der Waals surface area contributed by atoms with Gasteiger partial charge in [-0.3, -0.25) is 9.59 Å². The molecule has 7 heteroatoms. The predicted octanol–water partition coefficient (Wildman–Crippen LogP) is 1.89. The molecule has 0 bridgehead atoms. The van der Waals surface area contributed by atoms with Gasteiger partial charge in [0.05, 0.1) is 4.88 Å². The third-order valence-electron chi connectivity index (χ3n) is 4.66. The molecule has 1 aromatic heterocycles. The Bertz CT molecular complexity index is 537. The van der Waals surface area contributed by atoms with Gasteiger partial charge in [0.2, 0.25) is 5.91 Å². The first kappa shape index (κ1) is 18.2. The molecule has 3 unspecified atom stereocenters. The summed E-state index contributed by atoms with van der Waals surface area (Å²) in [6.07, 6.45) is 2.62. The number of likely N-dealkylation sites (tertiary alicyclic amines) is 1. The lowest BCUT2D eigenvalue weighted by Crippen LogP contribution is -2.53. The van der Waals surface area contributed by atoms with E-state index in [1.165, 1.54) is 11.3 Å². The maximum Gasteiger partial charge on any atom is 0.264 e. The Morgan fingerprint density at radius 1 is 1.39 bits per heavy atom. The number of carbonyl (C=O) groups is 2. The second-order valence-corrected chi connectivity index (χ2v) is 7.17. The minimum absolute atomic E-state index is 0. The van der Waals surface area contributed by atoms with Crippen LogP contribution in [0.5, 0.6) is 0 Å². The molecule has 2 saturated heterocycles. The highest BCUT2D eigenvalue weighted by Gasteiger charge is 2.36. The SMILES string of the molecule is CC1CNCCC1NC(=O)C1CCCN1C(=O)c1cccs1.Cl. The Hall–Kier alpha value is -1.11. The van der Waals surface area contributed by atoms with Crippen LogP contribution in [-0.4, -0.2) is 48.4 Å². The molecule has 1 aromatic rings. The smallest absolute Gasteiger partial charge is 0.264 e. The molecule has 2 fully saturated rings. The van der Waals surface area contributed by atoms with E-state index in [9.17, 15) is 9.59 Å². The molecule has 128 valence electrons. The fourth-order valence-electron chi connectivity index (χ4n) is 3.33. The van der Waals surface area contributed by atoms with E-state index in [1.54, 1.807) is 4.90 Å². The van der Waals surface area contributed by atoms with E-state index in [-0.39, 0.29) is 36.3 Å². The quantitative estimate of drug-likeness (QED) is 0.868. The summed E-state index contributed by atoms with van der Waals surface area (Å²) >= 11 is 1.44. The largest absolute Gasteiger partial charge is 0.351 e. The summed E-state index contributed by atoms with van der Waals surface area (Å²) in [5.74, 6) is 0.438. The molecule has 2 N–H and O–H groups in total.